The number of hydrogen-bond acceptors (Lipinski definition) is 3. The van der Waals surface area contributed by atoms with Crippen LogP contribution in [0.2, 0.25) is 0 Å². The lowest BCUT2D eigenvalue weighted by Crippen LogP contribution is -2.44. The van der Waals surface area contributed by atoms with Crippen LogP contribution in [0.1, 0.15) is 60.9 Å². The van der Waals surface area contributed by atoms with Gasteiger partial charge in [0.2, 0.25) is 0 Å². The summed E-state index contributed by atoms with van der Waals surface area (Å²) in [4.78, 5) is 13.9. The number of rotatable bonds is 4. The van der Waals surface area contributed by atoms with Gasteiger partial charge in [-0.2, -0.15) is 0 Å². The van der Waals surface area contributed by atoms with Gasteiger partial charge in [-0.3, -0.25) is 0 Å². The van der Waals surface area contributed by atoms with Gasteiger partial charge in [0.05, 0.1) is 5.56 Å². The van der Waals surface area contributed by atoms with E-state index in [4.69, 9.17) is 0 Å². The SMILES string of the molecule is Cl.Cl.O=C(O)c1cccc(CC2CCN(C3CCC4(CCNCC4)CC3)C2)c1. The van der Waals surface area contributed by atoms with Crippen molar-refractivity contribution in [3.05, 3.63) is 35.4 Å². The molecule has 1 aromatic carbocycles. The quantitative estimate of drug-likeness (QED) is 0.745. The third-order valence-electron chi connectivity index (χ3n) is 7.21. The molecule has 2 heterocycles. The zero-order valence-corrected chi connectivity index (χ0v) is 18.2. The maximum atomic E-state index is 11.2. The summed E-state index contributed by atoms with van der Waals surface area (Å²) in [5, 5.41) is 12.7. The van der Waals surface area contributed by atoms with Gasteiger partial charge in [-0.15, -0.1) is 24.8 Å². The van der Waals surface area contributed by atoms with E-state index in [1.165, 1.54) is 76.7 Å². The minimum Gasteiger partial charge on any atom is -0.478 e. The number of nitrogens with zero attached hydrogens (tertiary/aromatic N) is 1. The molecule has 0 aromatic heterocycles. The molecule has 2 N–H and O–H groups in total. The Morgan fingerprint density at radius 3 is 2.50 bits per heavy atom. The molecule has 158 valence electrons. The number of likely N-dealkylation sites (tertiary alicyclic amines) is 1. The number of piperidine rings is 1. The Hall–Kier alpha value is -0.810. The van der Waals surface area contributed by atoms with E-state index in [9.17, 15) is 9.90 Å². The van der Waals surface area contributed by atoms with E-state index in [1.54, 1.807) is 6.07 Å². The topological polar surface area (TPSA) is 52.6 Å². The summed E-state index contributed by atoms with van der Waals surface area (Å²) in [5.41, 5.74) is 2.24. The second-order valence-electron chi connectivity index (χ2n) is 8.84. The molecule has 4 nitrogen and oxygen atoms in total. The Labute approximate surface area is 181 Å². The molecule has 2 saturated heterocycles. The van der Waals surface area contributed by atoms with Gasteiger partial charge in [-0.25, -0.2) is 4.79 Å². The van der Waals surface area contributed by atoms with Gasteiger partial charge in [0.1, 0.15) is 0 Å². The number of nitrogens with one attached hydrogen (secondary N) is 1. The van der Waals surface area contributed by atoms with Crippen molar-refractivity contribution < 1.29 is 9.90 Å². The maximum absolute atomic E-state index is 11.2. The van der Waals surface area contributed by atoms with E-state index >= 15 is 0 Å². The van der Waals surface area contributed by atoms with Crippen LogP contribution in [0.25, 0.3) is 0 Å². The normalized spacial score (nSPS) is 25.1. The molecule has 4 rings (SSSR count). The Bertz CT molecular complexity index is 639. The zero-order chi connectivity index (χ0) is 18.0. The average Bonchev–Trinajstić information content (AvgIpc) is 3.11. The summed E-state index contributed by atoms with van der Waals surface area (Å²) in [7, 11) is 0. The number of halogens is 2. The fourth-order valence-electron chi connectivity index (χ4n) is 5.56. The van der Waals surface area contributed by atoms with Crippen LogP contribution in [0.4, 0.5) is 0 Å². The molecular formula is C22H34Cl2N2O2. The predicted octanol–water partition coefficient (Wildman–Crippen LogP) is 4.41. The fourth-order valence-corrected chi connectivity index (χ4v) is 5.56. The predicted molar refractivity (Wildman–Crippen MR) is 118 cm³/mol. The standard InChI is InChI=1S/C22H32N2O2.2ClH/c25-21(26)19-3-1-2-17(15-19)14-18-6-13-24(16-18)20-4-7-22(8-5-20)9-11-23-12-10-22;;/h1-3,15,18,20,23H,4-14,16H2,(H,25,26);2*1H. The first-order valence-corrected chi connectivity index (χ1v) is 10.4. The Morgan fingerprint density at radius 1 is 1.11 bits per heavy atom. The molecule has 0 bridgehead atoms. The molecule has 0 amide bonds. The summed E-state index contributed by atoms with van der Waals surface area (Å²) in [6.07, 6.45) is 10.6. The maximum Gasteiger partial charge on any atom is 0.335 e. The van der Waals surface area contributed by atoms with Crippen LogP contribution in [0.15, 0.2) is 24.3 Å². The third-order valence-corrected chi connectivity index (χ3v) is 7.21. The zero-order valence-electron chi connectivity index (χ0n) is 16.6. The van der Waals surface area contributed by atoms with E-state index in [0.29, 0.717) is 16.9 Å². The number of carboxylic acids is 1. The smallest absolute Gasteiger partial charge is 0.335 e. The van der Waals surface area contributed by atoms with Gasteiger partial charge in [-0.1, -0.05) is 12.1 Å². The summed E-state index contributed by atoms with van der Waals surface area (Å²) in [6, 6.07) is 8.28. The van der Waals surface area contributed by atoms with Crippen molar-refractivity contribution in [2.24, 2.45) is 11.3 Å². The van der Waals surface area contributed by atoms with Gasteiger partial charge in [0, 0.05) is 12.6 Å². The molecule has 3 fully saturated rings. The summed E-state index contributed by atoms with van der Waals surface area (Å²) in [6.45, 7) is 4.84. The first-order valence-electron chi connectivity index (χ1n) is 10.4. The summed E-state index contributed by atoms with van der Waals surface area (Å²) < 4.78 is 0. The van der Waals surface area contributed by atoms with Crippen LogP contribution < -0.4 is 5.32 Å². The van der Waals surface area contributed by atoms with Crippen molar-refractivity contribution in [1.82, 2.24) is 10.2 Å². The molecular weight excluding hydrogens is 395 g/mol. The fraction of sp³-hybridized carbons (Fsp3) is 0.682. The first-order chi connectivity index (χ1) is 12.6. The minimum atomic E-state index is -0.825. The van der Waals surface area contributed by atoms with Gasteiger partial charge < -0.3 is 15.3 Å². The third kappa shape index (κ3) is 5.41. The van der Waals surface area contributed by atoms with Crippen molar-refractivity contribution in [3.63, 3.8) is 0 Å². The largest absolute Gasteiger partial charge is 0.478 e. The number of benzene rings is 1. The van der Waals surface area contributed by atoms with E-state index in [1.807, 2.05) is 12.1 Å². The molecule has 1 atom stereocenters. The molecule has 6 heteroatoms. The molecule has 1 saturated carbocycles. The minimum absolute atomic E-state index is 0. The van der Waals surface area contributed by atoms with E-state index < -0.39 is 5.97 Å². The van der Waals surface area contributed by atoms with Gasteiger partial charge in [-0.05, 0) is 100 Å². The average molecular weight is 429 g/mol. The molecule has 1 spiro atoms. The number of hydrogen-bond donors (Lipinski definition) is 2. The molecule has 1 unspecified atom stereocenters. The van der Waals surface area contributed by atoms with E-state index in [2.05, 4.69) is 16.3 Å². The summed E-state index contributed by atoms with van der Waals surface area (Å²) >= 11 is 0. The molecule has 1 aliphatic carbocycles. The number of carboxylic acid groups (broad SMARTS) is 1. The monoisotopic (exact) mass is 428 g/mol. The Morgan fingerprint density at radius 2 is 1.82 bits per heavy atom. The Balaban J connectivity index is 0.00000140. The van der Waals surface area contributed by atoms with Crippen LogP contribution >= 0.6 is 24.8 Å². The van der Waals surface area contributed by atoms with Crippen LogP contribution in [0.5, 0.6) is 0 Å². The lowest BCUT2D eigenvalue weighted by molar-refractivity contribution is 0.0696. The second kappa shape index (κ2) is 10.3. The van der Waals surface area contributed by atoms with Gasteiger partial charge >= 0.3 is 5.97 Å². The van der Waals surface area contributed by atoms with Crippen molar-refractivity contribution in [2.45, 2.75) is 57.4 Å². The van der Waals surface area contributed by atoms with Gasteiger partial charge in [0.25, 0.3) is 0 Å². The number of aromatic carboxylic acids is 1. The molecule has 3 aliphatic rings. The lowest BCUT2D eigenvalue weighted by Gasteiger charge is -2.45. The van der Waals surface area contributed by atoms with Crippen molar-refractivity contribution in [1.29, 1.82) is 0 Å². The van der Waals surface area contributed by atoms with Crippen molar-refractivity contribution >= 4 is 30.8 Å². The highest BCUT2D eigenvalue weighted by Crippen LogP contribution is 2.44. The second-order valence-corrected chi connectivity index (χ2v) is 8.84. The lowest BCUT2D eigenvalue weighted by atomic mass is 9.67. The summed E-state index contributed by atoms with van der Waals surface area (Å²) in [5.74, 6) is -0.150. The molecule has 1 aromatic rings. The molecule has 2 aliphatic heterocycles. The van der Waals surface area contributed by atoms with Crippen molar-refractivity contribution in [2.75, 3.05) is 26.2 Å². The first kappa shape index (κ1) is 23.5. The Kier molecular flexibility index (Phi) is 8.62. The van der Waals surface area contributed by atoms with Crippen LogP contribution in [0, 0.1) is 11.3 Å². The highest BCUT2D eigenvalue weighted by atomic mass is 35.5. The van der Waals surface area contributed by atoms with Crippen molar-refractivity contribution in [3.8, 4) is 0 Å². The number of carbonyl (C=O) groups is 1. The van der Waals surface area contributed by atoms with Gasteiger partial charge in [0.15, 0.2) is 0 Å². The van der Waals surface area contributed by atoms with Crippen LogP contribution in [-0.4, -0.2) is 48.2 Å². The van der Waals surface area contributed by atoms with Crippen LogP contribution in [0.3, 0.4) is 0 Å². The van der Waals surface area contributed by atoms with E-state index in [-0.39, 0.29) is 24.8 Å². The highest BCUT2D eigenvalue weighted by molar-refractivity contribution is 5.87. The van der Waals surface area contributed by atoms with Crippen LogP contribution in [-0.2, 0) is 6.42 Å². The van der Waals surface area contributed by atoms with E-state index in [0.717, 1.165) is 12.5 Å². The highest BCUT2D eigenvalue weighted by Gasteiger charge is 2.39. The molecule has 28 heavy (non-hydrogen) atoms. The molecule has 0 radical (unpaired) electrons.